The van der Waals surface area contributed by atoms with Gasteiger partial charge in [0, 0.05) is 16.4 Å². The van der Waals surface area contributed by atoms with Gasteiger partial charge in [-0.25, -0.2) is 9.67 Å². The highest BCUT2D eigenvalue weighted by molar-refractivity contribution is 6.28. The van der Waals surface area contributed by atoms with E-state index < -0.39 is 11.9 Å². The summed E-state index contributed by atoms with van der Waals surface area (Å²) in [6.07, 6.45) is 9.97. The minimum atomic E-state index is -0.618. The lowest BCUT2D eigenvalue weighted by molar-refractivity contribution is -0.255. The molecule has 5 aliphatic rings. The zero-order chi connectivity index (χ0) is 36.1. The summed E-state index contributed by atoms with van der Waals surface area (Å²) < 4.78 is 15.9. The molecule has 3 saturated carbocycles. The molecule has 6 rings (SSSR count). The highest BCUT2D eigenvalue weighted by Crippen LogP contribution is 2.75. The van der Waals surface area contributed by atoms with Crippen molar-refractivity contribution in [1.82, 2.24) is 19.7 Å². The number of aromatic nitrogens is 3. The van der Waals surface area contributed by atoms with Crippen molar-refractivity contribution in [2.75, 3.05) is 33.9 Å². The van der Waals surface area contributed by atoms with E-state index in [-0.39, 0.29) is 50.0 Å². The fraction of sp³-hybridized carbons (Fsp3) is 0.875. The molecule has 1 N–H and O–H groups in total. The summed E-state index contributed by atoms with van der Waals surface area (Å²) in [6, 6.07) is -0.0576. The van der Waals surface area contributed by atoms with Crippen LogP contribution in [0.1, 0.15) is 114 Å². The van der Waals surface area contributed by atoms with E-state index in [1.165, 1.54) is 5.57 Å². The van der Waals surface area contributed by atoms with Gasteiger partial charge >= 0.3 is 5.97 Å². The first-order valence-electron chi connectivity index (χ1n) is 19.1. The number of rotatable bonds is 9. The van der Waals surface area contributed by atoms with E-state index in [2.05, 4.69) is 99.3 Å². The molecule has 1 aromatic heterocycles. The largest absolute Gasteiger partial charge is 0.481 e. The molecule has 4 fully saturated rings. The van der Waals surface area contributed by atoms with Crippen molar-refractivity contribution in [1.29, 1.82) is 0 Å². The fourth-order valence-corrected chi connectivity index (χ4v) is 12.8. The molecule has 4 aliphatic carbocycles. The average Bonchev–Trinajstić information content (AvgIpc) is 3.45. The summed E-state index contributed by atoms with van der Waals surface area (Å²) in [5.74, 6) is 0.817. The lowest BCUT2D eigenvalue weighted by atomic mass is 9.34. The zero-order valence-corrected chi connectivity index (χ0v) is 33.2. The number of hydrogen-bond acceptors (Lipinski definition) is 6. The summed E-state index contributed by atoms with van der Waals surface area (Å²) in [5.41, 5.74) is 0.207. The number of allylic oxidation sites excluding steroid dienone is 1. The first-order valence-corrected chi connectivity index (χ1v) is 19.5. The van der Waals surface area contributed by atoms with Crippen LogP contribution in [0.15, 0.2) is 18.0 Å². The highest BCUT2D eigenvalue weighted by atomic mass is 35.5. The van der Waals surface area contributed by atoms with E-state index in [4.69, 9.17) is 26.2 Å². The standard InChI is InChI=1S/C40H65ClN4O4/c1-24(2)26(5)35(6)17-18-37(8)27-13-14-30-36(7)20-48-22-40(30,28(27)15-16-38(37,9)31(35)33(46)47)19-29(45-23-42-34(41)43-45)32(36)49-21-39(10,25(3)4)44(11)12/h15,23-27,29-32H,13-14,16-22H2,1-12H3,(H,46,47)/t26-,27+,29-,30+,31-,32+,35-,36+,37-,38+,39?,40+/m1/s1. The van der Waals surface area contributed by atoms with Crippen LogP contribution in [0.3, 0.4) is 0 Å². The Hall–Kier alpha value is -1.48. The maximum atomic E-state index is 13.5. The molecule has 1 unspecified atom stereocenters. The number of carbonyl (C=O) groups is 1. The minimum Gasteiger partial charge on any atom is -0.481 e. The van der Waals surface area contributed by atoms with E-state index in [0.29, 0.717) is 49.4 Å². The van der Waals surface area contributed by atoms with Crippen LogP contribution in [0.2, 0.25) is 5.28 Å². The van der Waals surface area contributed by atoms with Gasteiger partial charge in [0.1, 0.15) is 6.33 Å². The number of aliphatic carboxylic acids is 1. The monoisotopic (exact) mass is 700 g/mol. The summed E-state index contributed by atoms with van der Waals surface area (Å²) in [6.45, 7) is 25.0. The third kappa shape index (κ3) is 5.17. The van der Waals surface area contributed by atoms with Gasteiger partial charge in [-0.1, -0.05) is 74.0 Å². The maximum Gasteiger partial charge on any atom is 0.307 e. The number of nitrogens with zero attached hydrogens (tertiary/aromatic N) is 4. The van der Waals surface area contributed by atoms with Gasteiger partial charge in [-0.3, -0.25) is 4.79 Å². The molecule has 0 aromatic carbocycles. The van der Waals surface area contributed by atoms with Crippen LogP contribution in [0.5, 0.6) is 0 Å². The van der Waals surface area contributed by atoms with Crippen LogP contribution in [-0.2, 0) is 14.3 Å². The second kappa shape index (κ2) is 12.3. The van der Waals surface area contributed by atoms with Crippen molar-refractivity contribution in [2.24, 2.45) is 62.6 Å². The third-order valence-electron chi connectivity index (χ3n) is 16.7. The van der Waals surface area contributed by atoms with Gasteiger partial charge in [0.15, 0.2) is 0 Å². The Morgan fingerprint density at radius 2 is 1.82 bits per heavy atom. The number of likely N-dealkylation sites (N-methyl/N-ethyl adjacent to an activating group) is 1. The second-order valence-electron chi connectivity index (χ2n) is 19.2. The third-order valence-corrected chi connectivity index (χ3v) is 16.9. The first-order chi connectivity index (χ1) is 22.7. The minimum absolute atomic E-state index is 0.0576. The molecule has 2 bridgehead atoms. The smallest absolute Gasteiger partial charge is 0.307 e. The van der Waals surface area contributed by atoms with Gasteiger partial charge in [-0.2, -0.15) is 0 Å². The van der Waals surface area contributed by atoms with Crippen LogP contribution in [0.25, 0.3) is 0 Å². The van der Waals surface area contributed by atoms with Crippen LogP contribution in [-0.4, -0.2) is 76.3 Å². The summed E-state index contributed by atoms with van der Waals surface area (Å²) in [7, 11) is 4.29. The van der Waals surface area contributed by atoms with E-state index in [1.54, 1.807) is 6.33 Å². The van der Waals surface area contributed by atoms with E-state index in [9.17, 15) is 9.90 Å². The Kier molecular flexibility index (Phi) is 9.36. The van der Waals surface area contributed by atoms with Gasteiger partial charge in [0.05, 0.1) is 37.9 Å². The number of carboxylic acid groups (broad SMARTS) is 1. The average molecular weight is 701 g/mol. The molecule has 2 heterocycles. The molecular weight excluding hydrogens is 636 g/mol. The fourth-order valence-electron chi connectivity index (χ4n) is 12.6. The molecular formula is C40H65ClN4O4. The summed E-state index contributed by atoms with van der Waals surface area (Å²) in [5, 5.41) is 16.0. The number of carboxylic acids is 1. The quantitative estimate of drug-likeness (QED) is 0.259. The van der Waals surface area contributed by atoms with Gasteiger partial charge in [-0.05, 0) is 117 Å². The zero-order valence-electron chi connectivity index (χ0n) is 32.5. The molecule has 1 aliphatic heterocycles. The molecule has 1 aromatic rings. The summed E-state index contributed by atoms with van der Waals surface area (Å²) in [4.78, 5) is 20.1. The topological polar surface area (TPSA) is 89.7 Å². The Morgan fingerprint density at radius 3 is 2.39 bits per heavy atom. The van der Waals surface area contributed by atoms with E-state index in [1.807, 2.05) is 4.68 Å². The van der Waals surface area contributed by atoms with Gasteiger partial charge in [-0.15, -0.1) is 5.10 Å². The van der Waals surface area contributed by atoms with Gasteiger partial charge in [0.25, 0.3) is 0 Å². The van der Waals surface area contributed by atoms with Crippen molar-refractivity contribution in [3.05, 3.63) is 23.3 Å². The van der Waals surface area contributed by atoms with Crippen LogP contribution in [0.4, 0.5) is 0 Å². The molecule has 1 saturated heterocycles. The van der Waals surface area contributed by atoms with Crippen LogP contribution < -0.4 is 0 Å². The highest BCUT2D eigenvalue weighted by Gasteiger charge is 2.72. The predicted molar refractivity (Wildman–Crippen MR) is 194 cm³/mol. The number of hydrogen-bond donors (Lipinski definition) is 1. The molecule has 49 heavy (non-hydrogen) atoms. The second-order valence-corrected chi connectivity index (χ2v) is 19.6. The lowest BCUT2D eigenvalue weighted by Crippen LogP contribution is -2.69. The Morgan fingerprint density at radius 1 is 1.12 bits per heavy atom. The number of fused-ring (bicyclic) bond motifs is 3. The molecule has 276 valence electrons. The van der Waals surface area contributed by atoms with Crippen LogP contribution in [0, 0.1) is 62.6 Å². The molecule has 0 spiro atoms. The Bertz CT molecular complexity index is 1450. The first kappa shape index (κ1) is 37.3. The predicted octanol–water partition coefficient (Wildman–Crippen LogP) is 8.42. The van der Waals surface area contributed by atoms with E-state index >= 15 is 0 Å². The molecule has 9 heteroatoms. The number of halogens is 1. The van der Waals surface area contributed by atoms with E-state index in [0.717, 1.165) is 38.5 Å². The Balaban J connectivity index is 1.44. The number of ether oxygens (including phenoxy) is 2. The molecule has 0 amide bonds. The molecule has 0 radical (unpaired) electrons. The lowest BCUT2D eigenvalue weighted by Gasteiger charge is -2.71. The Labute approximate surface area is 301 Å². The van der Waals surface area contributed by atoms with Gasteiger partial charge < -0.3 is 19.5 Å². The summed E-state index contributed by atoms with van der Waals surface area (Å²) >= 11 is 6.40. The van der Waals surface area contributed by atoms with Crippen molar-refractivity contribution in [3.8, 4) is 0 Å². The van der Waals surface area contributed by atoms with Crippen molar-refractivity contribution in [2.45, 2.75) is 125 Å². The molecule has 12 atom stereocenters. The van der Waals surface area contributed by atoms with Gasteiger partial charge in [0.2, 0.25) is 5.28 Å². The van der Waals surface area contributed by atoms with Crippen molar-refractivity contribution >= 4 is 17.6 Å². The van der Waals surface area contributed by atoms with Crippen LogP contribution >= 0.6 is 11.6 Å². The normalized spacial score (nSPS) is 43.8. The molecule has 8 nitrogen and oxygen atoms in total. The van der Waals surface area contributed by atoms with Crippen molar-refractivity contribution < 1.29 is 19.4 Å². The maximum absolute atomic E-state index is 13.5. The van der Waals surface area contributed by atoms with Crippen molar-refractivity contribution in [3.63, 3.8) is 0 Å². The SMILES string of the molecule is CC(C)[C@@H](C)[C@@]1(C)CC[C@]2(C)[C@H]3CC[C@@H]4[C@@]5(COC[C@]4(C)[C@@H](OCC(C)(C(C)C)N(C)C)[C@H](n4cnc(Cl)n4)C5)C3=CC[C@@]2(C)[C@@H]1C(=O)O.